The highest BCUT2D eigenvalue weighted by Gasteiger charge is 2.24. The fourth-order valence-corrected chi connectivity index (χ4v) is 8.40. The average molecular weight is 774 g/mol. The van der Waals surface area contributed by atoms with E-state index >= 15 is 0 Å². The Balaban J connectivity index is 1.35. The molecule has 4 aromatic heterocycles. The number of aromatic nitrogens is 8. The van der Waals surface area contributed by atoms with Crippen molar-refractivity contribution in [3.05, 3.63) is 155 Å². The molecule has 0 atom stereocenters. The second-order valence-electron chi connectivity index (χ2n) is 14.7. The van der Waals surface area contributed by atoms with Crippen molar-refractivity contribution >= 4 is 43.6 Å². The number of hydrogen-bond acceptors (Lipinski definition) is 9. The molecule has 6 aromatic carbocycles. The number of rotatable bonds is 5. The molecule has 11 heteroatoms. The zero-order valence-electron chi connectivity index (χ0n) is 32.9. The largest absolute Gasteiger partial charge is 0.308 e. The summed E-state index contributed by atoms with van der Waals surface area (Å²) in [6.45, 7) is 7.40. The van der Waals surface area contributed by atoms with Gasteiger partial charge in [0.2, 0.25) is 0 Å². The van der Waals surface area contributed by atoms with Gasteiger partial charge in [-0.15, -0.1) is 0 Å². The van der Waals surface area contributed by atoms with Crippen molar-refractivity contribution in [1.29, 1.82) is 15.8 Å². The molecule has 0 fully saturated rings. The van der Waals surface area contributed by atoms with Gasteiger partial charge in [0.05, 0.1) is 56.7 Å². The topological polar surface area (TPSA) is 159 Å². The van der Waals surface area contributed by atoms with Crippen LogP contribution in [0.4, 0.5) is 0 Å². The van der Waals surface area contributed by atoms with Gasteiger partial charge in [0.1, 0.15) is 34.9 Å². The van der Waals surface area contributed by atoms with Crippen LogP contribution in [0.5, 0.6) is 0 Å². The Labute approximate surface area is 343 Å². The van der Waals surface area contributed by atoms with Gasteiger partial charge in [-0.1, -0.05) is 60.7 Å². The quantitative estimate of drug-likeness (QED) is 0.166. The standard InChI is InChI=1S/C49H31N11/c1-27-53-28(2)56-48(55-27)33-13-15-39-37-9-5-7-11-42(37)59(44(39)20-33)46-22-36(35-18-31(24-50)17-32(19-35)25-51)23-47(41(46)26-52)60-43-12-8-6-10-38(43)40-16-14-34(21-45(40)60)49-57-29(3)54-30(4)58-49/h5-23H,1-4H3. The van der Waals surface area contributed by atoms with Crippen LogP contribution in [-0.4, -0.2) is 39.0 Å². The molecule has 0 aliphatic heterocycles. The van der Waals surface area contributed by atoms with Crippen molar-refractivity contribution in [2.45, 2.75) is 27.7 Å². The highest BCUT2D eigenvalue weighted by molar-refractivity contribution is 6.12. The number of benzene rings is 6. The summed E-state index contributed by atoms with van der Waals surface area (Å²) >= 11 is 0. The summed E-state index contributed by atoms with van der Waals surface area (Å²) in [4.78, 5) is 27.5. The maximum Gasteiger partial charge on any atom is 0.163 e. The number of nitrogens with zero attached hydrogens (tertiary/aromatic N) is 11. The van der Waals surface area contributed by atoms with E-state index in [1.165, 1.54) is 0 Å². The second-order valence-corrected chi connectivity index (χ2v) is 14.7. The molecular formula is C49H31N11. The molecule has 0 aliphatic carbocycles. The molecule has 0 saturated heterocycles. The summed E-state index contributed by atoms with van der Waals surface area (Å²) in [6, 6.07) is 44.7. The molecule has 0 amide bonds. The van der Waals surface area contributed by atoms with Gasteiger partial charge in [-0.2, -0.15) is 15.8 Å². The van der Waals surface area contributed by atoms with Gasteiger partial charge in [0.25, 0.3) is 0 Å². The Kier molecular flexibility index (Phi) is 8.24. The van der Waals surface area contributed by atoms with E-state index < -0.39 is 0 Å². The SMILES string of the molecule is Cc1nc(C)nc(-c2ccc3c4ccccc4n(-c4cc(-c5cc(C#N)cc(C#N)c5)cc(-n5c6ccccc6c6ccc(-c7nc(C)nc(C)n7)cc65)c4C#N)c3c2)n1. The summed E-state index contributed by atoms with van der Waals surface area (Å²) in [5.41, 5.74) is 8.79. The first-order valence-electron chi connectivity index (χ1n) is 19.2. The monoisotopic (exact) mass is 773 g/mol. The van der Waals surface area contributed by atoms with E-state index in [1.54, 1.807) is 18.2 Å². The van der Waals surface area contributed by atoms with E-state index in [4.69, 9.17) is 0 Å². The van der Waals surface area contributed by atoms with E-state index in [1.807, 2.05) is 76.2 Å². The molecule has 11 nitrogen and oxygen atoms in total. The molecule has 0 bridgehead atoms. The van der Waals surface area contributed by atoms with Gasteiger partial charge in [-0.05, 0) is 93.4 Å². The summed E-state index contributed by atoms with van der Waals surface area (Å²) in [5.74, 6) is 3.58. The number of hydrogen-bond donors (Lipinski definition) is 0. The zero-order valence-corrected chi connectivity index (χ0v) is 32.9. The van der Waals surface area contributed by atoms with Gasteiger partial charge in [0.15, 0.2) is 11.6 Å². The molecule has 0 spiro atoms. The Hall–Kier alpha value is -8.59. The molecule has 10 aromatic rings. The third-order valence-electron chi connectivity index (χ3n) is 10.8. The van der Waals surface area contributed by atoms with Crippen molar-refractivity contribution < 1.29 is 0 Å². The van der Waals surface area contributed by atoms with Crippen LogP contribution in [0.25, 0.3) is 88.9 Å². The Morgan fingerprint density at radius 2 is 0.783 bits per heavy atom. The van der Waals surface area contributed by atoms with Crippen molar-refractivity contribution in [3.63, 3.8) is 0 Å². The lowest BCUT2D eigenvalue weighted by atomic mass is 9.97. The first kappa shape index (κ1) is 35.8. The van der Waals surface area contributed by atoms with E-state index in [0.29, 0.717) is 74.1 Å². The first-order chi connectivity index (χ1) is 29.2. The zero-order chi connectivity index (χ0) is 41.2. The molecular weight excluding hydrogens is 743 g/mol. The van der Waals surface area contributed by atoms with E-state index in [0.717, 1.165) is 54.7 Å². The third kappa shape index (κ3) is 5.79. The predicted molar refractivity (Wildman–Crippen MR) is 231 cm³/mol. The molecule has 0 saturated carbocycles. The van der Waals surface area contributed by atoms with Gasteiger partial charge >= 0.3 is 0 Å². The normalized spacial score (nSPS) is 11.3. The molecule has 0 aliphatic rings. The van der Waals surface area contributed by atoms with Crippen LogP contribution in [-0.2, 0) is 0 Å². The smallest absolute Gasteiger partial charge is 0.163 e. The van der Waals surface area contributed by atoms with Crippen molar-refractivity contribution in [3.8, 4) is 63.5 Å². The molecule has 282 valence electrons. The second kappa shape index (κ2) is 13.8. The van der Waals surface area contributed by atoms with Crippen LogP contribution in [0.2, 0.25) is 0 Å². The minimum absolute atomic E-state index is 0.352. The van der Waals surface area contributed by atoms with Crippen molar-refractivity contribution in [2.24, 2.45) is 0 Å². The van der Waals surface area contributed by atoms with Gasteiger partial charge in [-0.3, -0.25) is 0 Å². The van der Waals surface area contributed by atoms with Crippen LogP contribution in [0.15, 0.2) is 115 Å². The minimum Gasteiger partial charge on any atom is -0.308 e. The lowest BCUT2D eigenvalue weighted by molar-refractivity contribution is 0.928. The van der Waals surface area contributed by atoms with Gasteiger partial charge in [0, 0.05) is 32.7 Å². The molecule has 10 rings (SSSR count). The maximum atomic E-state index is 11.5. The molecule has 4 heterocycles. The number of aryl methyl sites for hydroxylation is 4. The van der Waals surface area contributed by atoms with Gasteiger partial charge in [-0.25, -0.2) is 29.9 Å². The number of nitriles is 3. The Bertz CT molecular complexity index is 3330. The minimum atomic E-state index is 0.352. The Morgan fingerprint density at radius 3 is 1.20 bits per heavy atom. The molecule has 0 radical (unpaired) electrons. The summed E-state index contributed by atoms with van der Waals surface area (Å²) in [5, 5.41) is 35.6. The summed E-state index contributed by atoms with van der Waals surface area (Å²) in [7, 11) is 0. The van der Waals surface area contributed by atoms with Gasteiger partial charge < -0.3 is 9.13 Å². The maximum absolute atomic E-state index is 11.5. The van der Waals surface area contributed by atoms with Crippen LogP contribution in [0, 0.1) is 61.7 Å². The fraction of sp³-hybridized carbons (Fsp3) is 0.0816. The lowest BCUT2D eigenvalue weighted by Gasteiger charge is -2.19. The predicted octanol–water partition coefficient (Wildman–Crippen LogP) is 10.1. The van der Waals surface area contributed by atoms with Crippen LogP contribution >= 0.6 is 0 Å². The van der Waals surface area contributed by atoms with Crippen LogP contribution in [0.3, 0.4) is 0 Å². The summed E-state index contributed by atoms with van der Waals surface area (Å²) in [6.07, 6.45) is 0. The fourth-order valence-electron chi connectivity index (χ4n) is 8.40. The summed E-state index contributed by atoms with van der Waals surface area (Å²) < 4.78 is 4.24. The lowest BCUT2D eigenvalue weighted by Crippen LogP contribution is -2.06. The van der Waals surface area contributed by atoms with Crippen molar-refractivity contribution in [1.82, 2.24) is 39.0 Å². The number of fused-ring (bicyclic) bond motifs is 6. The van der Waals surface area contributed by atoms with E-state index in [2.05, 4.69) is 106 Å². The van der Waals surface area contributed by atoms with Crippen LogP contribution < -0.4 is 0 Å². The van der Waals surface area contributed by atoms with Crippen LogP contribution in [0.1, 0.15) is 40.0 Å². The van der Waals surface area contributed by atoms with E-state index in [-0.39, 0.29) is 0 Å². The third-order valence-corrected chi connectivity index (χ3v) is 10.8. The van der Waals surface area contributed by atoms with Crippen molar-refractivity contribution in [2.75, 3.05) is 0 Å². The number of para-hydroxylation sites is 2. The molecule has 60 heavy (non-hydrogen) atoms. The highest BCUT2D eigenvalue weighted by Crippen LogP contribution is 2.41. The molecule has 0 unspecified atom stereocenters. The highest BCUT2D eigenvalue weighted by atomic mass is 15.0. The average Bonchev–Trinajstić information content (AvgIpc) is 3.77. The Morgan fingerprint density at radius 1 is 0.383 bits per heavy atom. The van der Waals surface area contributed by atoms with E-state index in [9.17, 15) is 15.8 Å². The molecule has 0 N–H and O–H groups in total. The first-order valence-corrected chi connectivity index (χ1v) is 19.2.